The number of carbonyl (C=O) groups excluding carboxylic acids is 6. The topological polar surface area (TPSA) is 181 Å². The molecule has 1 rings (SSSR count). The first-order valence-corrected chi connectivity index (χ1v) is 14.2. The number of rotatable bonds is 17. The van der Waals surface area contributed by atoms with E-state index in [9.17, 15) is 28.8 Å². The Labute approximate surface area is 239 Å². The van der Waals surface area contributed by atoms with E-state index in [1.54, 1.807) is 34.1 Å². The van der Waals surface area contributed by atoms with Crippen molar-refractivity contribution in [3.63, 3.8) is 0 Å². The average molecular weight is 590 g/mol. The van der Waals surface area contributed by atoms with Gasteiger partial charge in [0.25, 0.3) is 11.8 Å². The second kappa shape index (κ2) is 21.6. The normalized spacial score (nSPS) is 13.2. The molecule has 1 atom stereocenters. The fraction of sp³-hybridized carbons (Fsp3) is 0.680. The summed E-state index contributed by atoms with van der Waals surface area (Å²) in [6.07, 6.45) is 2.31. The predicted octanol–water partition coefficient (Wildman–Crippen LogP) is 0.907. The van der Waals surface area contributed by atoms with Crippen LogP contribution in [0.15, 0.2) is 11.0 Å². The number of imide groups is 1. The second-order valence-electron chi connectivity index (χ2n) is 8.39. The van der Waals surface area contributed by atoms with Crippen molar-refractivity contribution >= 4 is 47.5 Å². The van der Waals surface area contributed by atoms with Gasteiger partial charge in [-0.1, -0.05) is 0 Å². The van der Waals surface area contributed by atoms with Crippen LogP contribution in [0, 0.1) is 0 Å². The monoisotopic (exact) mass is 589 g/mol. The van der Waals surface area contributed by atoms with Gasteiger partial charge in [0.1, 0.15) is 25.1 Å². The minimum Gasteiger partial charge on any atom is -0.447 e. The maximum atomic E-state index is 11.7. The van der Waals surface area contributed by atoms with Gasteiger partial charge in [-0.05, 0) is 47.4 Å². The van der Waals surface area contributed by atoms with Crippen LogP contribution in [-0.4, -0.2) is 106 Å². The van der Waals surface area contributed by atoms with Crippen molar-refractivity contribution in [2.75, 3.05) is 52.8 Å². The summed E-state index contributed by atoms with van der Waals surface area (Å²) in [6.45, 7) is 8.13. The molecule has 0 saturated carbocycles. The lowest BCUT2D eigenvalue weighted by molar-refractivity contribution is -0.137. The Morgan fingerprint density at radius 2 is 1.57 bits per heavy atom. The summed E-state index contributed by atoms with van der Waals surface area (Å²) >= 11 is 1.24. The van der Waals surface area contributed by atoms with Crippen LogP contribution in [0.2, 0.25) is 0 Å². The highest BCUT2D eigenvalue weighted by Crippen LogP contribution is 2.21. The molecule has 228 valence electrons. The largest absolute Gasteiger partial charge is 0.447 e. The maximum absolute atomic E-state index is 11.7. The SMILES string of the molecule is CCNC(=O)OCC(COC(=O)NCC)OCCCC(C)=O.CNC(C)NC(=O)CCN1C(=O)C=C(SC)C1=O. The third kappa shape index (κ3) is 16.7. The Balaban J connectivity index is 0.000000774. The predicted molar refractivity (Wildman–Crippen MR) is 149 cm³/mol. The quantitative estimate of drug-likeness (QED) is 0.108. The van der Waals surface area contributed by atoms with Crippen molar-refractivity contribution in [1.29, 1.82) is 0 Å². The molecule has 1 aliphatic heterocycles. The highest BCUT2D eigenvalue weighted by molar-refractivity contribution is 8.03. The van der Waals surface area contributed by atoms with Gasteiger partial charge in [0.15, 0.2) is 0 Å². The highest BCUT2D eigenvalue weighted by atomic mass is 32.2. The second-order valence-corrected chi connectivity index (χ2v) is 9.24. The summed E-state index contributed by atoms with van der Waals surface area (Å²) in [6, 6.07) is 0. The number of nitrogens with one attached hydrogen (secondary N) is 4. The smallest absolute Gasteiger partial charge is 0.407 e. The molecule has 15 heteroatoms. The lowest BCUT2D eigenvalue weighted by Gasteiger charge is -2.18. The number of ketones is 1. The maximum Gasteiger partial charge on any atom is 0.407 e. The fourth-order valence-corrected chi connectivity index (χ4v) is 3.39. The number of amides is 5. The Morgan fingerprint density at radius 1 is 1.00 bits per heavy atom. The van der Waals surface area contributed by atoms with Crippen molar-refractivity contribution in [2.45, 2.75) is 59.2 Å². The minimum atomic E-state index is -0.572. The molecule has 0 aromatic heterocycles. The van der Waals surface area contributed by atoms with E-state index >= 15 is 0 Å². The molecule has 0 aromatic rings. The van der Waals surface area contributed by atoms with Gasteiger partial charge < -0.3 is 40.3 Å². The lowest BCUT2D eigenvalue weighted by atomic mass is 10.2. The van der Waals surface area contributed by atoms with E-state index in [1.165, 1.54) is 24.8 Å². The van der Waals surface area contributed by atoms with Crippen molar-refractivity contribution in [3.05, 3.63) is 11.0 Å². The van der Waals surface area contributed by atoms with Crippen LogP contribution in [0.5, 0.6) is 0 Å². The van der Waals surface area contributed by atoms with Gasteiger partial charge in [-0.25, -0.2) is 9.59 Å². The number of thioether (sulfide) groups is 1. The lowest BCUT2D eigenvalue weighted by Crippen LogP contribution is -2.43. The third-order valence-electron chi connectivity index (χ3n) is 5.04. The number of hydrogen-bond acceptors (Lipinski definition) is 11. The summed E-state index contributed by atoms with van der Waals surface area (Å²) in [5.74, 6) is -0.784. The molecule has 0 saturated heterocycles. The molecule has 0 aliphatic carbocycles. The van der Waals surface area contributed by atoms with E-state index in [-0.39, 0.29) is 55.8 Å². The number of ether oxygens (including phenoxy) is 3. The van der Waals surface area contributed by atoms with Crippen molar-refractivity contribution in [3.8, 4) is 0 Å². The summed E-state index contributed by atoms with van der Waals surface area (Å²) in [5, 5.41) is 10.5. The van der Waals surface area contributed by atoms with E-state index in [4.69, 9.17) is 14.2 Å². The number of carbonyl (C=O) groups is 6. The number of Topliss-reactive ketones (excluding diaryl/α,β-unsaturated/α-hetero) is 1. The van der Waals surface area contributed by atoms with Gasteiger partial charge in [-0.15, -0.1) is 11.8 Å². The molecule has 40 heavy (non-hydrogen) atoms. The summed E-state index contributed by atoms with van der Waals surface area (Å²) in [5.41, 5.74) is 0. The fourth-order valence-electron chi connectivity index (χ4n) is 2.89. The molecule has 0 spiro atoms. The Hall–Kier alpha value is -3.17. The third-order valence-corrected chi connectivity index (χ3v) is 5.77. The summed E-state index contributed by atoms with van der Waals surface area (Å²) < 4.78 is 15.4. The summed E-state index contributed by atoms with van der Waals surface area (Å²) in [4.78, 5) is 69.6. The molecule has 1 heterocycles. The zero-order chi connectivity index (χ0) is 30.5. The van der Waals surface area contributed by atoms with Crippen LogP contribution in [-0.2, 0) is 33.4 Å². The molecular weight excluding hydrogens is 546 g/mol. The van der Waals surface area contributed by atoms with Crippen LogP contribution in [0.3, 0.4) is 0 Å². The van der Waals surface area contributed by atoms with E-state index in [1.807, 2.05) is 0 Å². The summed E-state index contributed by atoms with van der Waals surface area (Å²) in [7, 11) is 1.73. The van der Waals surface area contributed by atoms with Crippen LogP contribution in [0.25, 0.3) is 0 Å². The Bertz CT molecular complexity index is 863. The first-order valence-electron chi connectivity index (χ1n) is 13.0. The van der Waals surface area contributed by atoms with Crippen molar-refractivity contribution in [1.82, 2.24) is 26.2 Å². The van der Waals surface area contributed by atoms with E-state index in [2.05, 4.69) is 21.3 Å². The molecule has 1 unspecified atom stereocenters. The van der Waals surface area contributed by atoms with E-state index < -0.39 is 18.3 Å². The van der Waals surface area contributed by atoms with E-state index in [0.29, 0.717) is 37.4 Å². The van der Waals surface area contributed by atoms with Gasteiger partial charge in [0.05, 0.1) is 11.1 Å². The molecule has 0 radical (unpaired) electrons. The van der Waals surface area contributed by atoms with Gasteiger partial charge in [-0.3, -0.25) is 19.3 Å². The van der Waals surface area contributed by atoms with Crippen LogP contribution in [0.1, 0.15) is 47.0 Å². The number of nitrogens with zero attached hydrogens (tertiary/aromatic N) is 1. The molecule has 5 amide bonds. The zero-order valence-electron chi connectivity index (χ0n) is 24.1. The van der Waals surface area contributed by atoms with Crippen LogP contribution >= 0.6 is 11.8 Å². The zero-order valence-corrected chi connectivity index (χ0v) is 24.9. The molecular formula is C25H43N5O9S. The standard InChI is InChI=1S/C14H26N2O6.C11H17N3O3S/c1-4-15-13(18)21-9-12(10-22-14(19)16-5-2)20-8-6-7-11(3)17;1-7(12-2)13-9(15)4-5-14-10(16)6-8(18-3)11(14)17/h12H,4-10H2,1-3H3,(H,15,18)(H,16,19);6-7,12H,4-5H2,1-3H3,(H,13,15). The molecule has 0 aromatic carbocycles. The molecule has 0 bridgehead atoms. The first-order chi connectivity index (χ1) is 19.0. The van der Waals surface area contributed by atoms with Gasteiger partial charge >= 0.3 is 12.2 Å². The van der Waals surface area contributed by atoms with Crippen molar-refractivity contribution < 1.29 is 43.0 Å². The average Bonchev–Trinajstić information content (AvgIpc) is 3.18. The van der Waals surface area contributed by atoms with Crippen LogP contribution in [0.4, 0.5) is 9.59 Å². The van der Waals surface area contributed by atoms with Gasteiger partial charge in [0, 0.05) is 45.2 Å². The molecule has 14 nitrogen and oxygen atoms in total. The van der Waals surface area contributed by atoms with Gasteiger partial charge in [-0.2, -0.15) is 0 Å². The molecule has 0 fully saturated rings. The number of alkyl carbamates (subject to hydrolysis) is 2. The minimum absolute atomic E-state index is 0.0364. The van der Waals surface area contributed by atoms with E-state index in [0.717, 1.165) is 4.90 Å². The van der Waals surface area contributed by atoms with Crippen LogP contribution < -0.4 is 21.3 Å². The number of hydrogen-bond donors (Lipinski definition) is 4. The molecule has 4 N–H and O–H groups in total. The Morgan fingerprint density at radius 3 is 2.02 bits per heavy atom. The first kappa shape index (κ1) is 36.8. The molecule has 1 aliphatic rings. The Kier molecular flexibility index (Phi) is 19.9. The highest BCUT2D eigenvalue weighted by Gasteiger charge is 2.30. The van der Waals surface area contributed by atoms with Crippen molar-refractivity contribution in [2.24, 2.45) is 0 Å². The van der Waals surface area contributed by atoms with Gasteiger partial charge in [0.2, 0.25) is 5.91 Å².